The maximum absolute atomic E-state index is 13.1. The molecule has 0 saturated carbocycles. The Morgan fingerprint density at radius 1 is 1.31 bits per heavy atom. The molecule has 2 aromatic rings. The lowest BCUT2D eigenvalue weighted by atomic mass is 10.00. The fourth-order valence-corrected chi connectivity index (χ4v) is 5.30. The van der Waals surface area contributed by atoms with Crippen molar-refractivity contribution in [3.63, 3.8) is 0 Å². The van der Waals surface area contributed by atoms with Gasteiger partial charge in [0.25, 0.3) is 0 Å². The highest BCUT2D eigenvalue weighted by Gasteiger charge is 2.31. The summed E-state index contributed by atoms with van der Waals surface area (Å²) in [5.74, 6) is 0.201. The fourth-order valence-electron chi connectivity index (χ4n) is 3.44. The summed E-state index contributed by atoms with van der Waals surface area (Å²) < 4.78 is 29.6. The van der Waals surface area contributed by atoms with Gasteiger partial charge in [0.2, 0.25) is 10.0 Å². The summed E-state index contributed by atoms with van der Waals surface area (Å²) in [5, 5.41) is 17.1. The maximum atomic E-state index is 13.1. The molecule has 1 fully saturated rings. The van der Waals surface area contributed by atoms with Crippen molar-refractivity contribution >= 4 is 10.0 Å². The Bertz CT molecular complexity index is 863. The second-order valence-corrected chi connectivity index (χ2v) is 8.95. The first kappa shape index (κ1) is 19.0. The summed E-state index contributed by atoms with van der Waals surface area (Å²) in [7, 11) is -3.49. The van der Waals surface area contributed by atoms with E-state index in [0.29, 0.717) is 31.0 Å². The number of sulfonamides is 1. The number of hydrogen-bond donors (Lipinski definition) is 1. The topological polar surface area (TPSA) is 88.3 Å². The molecule has 1 aliphatic heterocycles. The SMILES string of the molecule is Cc1ccc(C)c(S(=O)(=O)N2CCCC(Cn3cc(CCO)nn3)C2)c1. The van der Waals surface area contributed by atoms with Gasteiger partial charge in [-0.2, -0.15) is 4.31 Å². The van der Waals surface area contributed by atoms with Crippen LogP contribution in [0.5, 0.6) is 0 Å². The summed E-state index contributed by atoms with van der Waals surface area (Å²) in [6, 6.07) is 5.55. The number of aromatic nitrogens is 3. The van der Waals surface area contributed by atoms with Gasteiger partial charge in [0.1, 0.15) is 0 Å². The highest BCUT2D eigenvalue weighted by atomic mass is 32.2. The van der Waals surface area contributed by atoms with Gasteiger partial charge in [-0.3, -0.25) is 4.68 Å². The molecule has 0 spiro atoms. The van der Waals surface area contributed by atoms with Crippen LogP contribution in [0.2, 0.25) is 0 Å². The van der Waals surface area contributed by atoms with Crippen LogP contribution in [0, 0.1) is 19.8 Å². The third-order valence-corrected chi connectivity index (χ3v) is 6.85. The molecule has 26 heavy (non-hydrogen) atoms. The van der Waals surface area contributed by atoms with Gasteiger partial charge in [0.05, 0.1) is 10.6 Å². The molecule has 8 heteroatoms. The molecular weight excluding hydrogens is 352 g/mol. The van der Waals surface area contributed by atoms with Crippen LogP contribution in [0.3, 0.4) is 0 Å². The van der Waals surface area contributed by atoms with E-state index in [1.807, 2.05) is 32.2 Å². The van der Waals surface area contributed by atoms with E-state index in [-0.39, 0.29) is 12.5 Å². The second-order valence-electron chi connectivity index (χ2n) is 7.05. The number of piperidine rings is 1. The van der Waals surface area contributed by atoms with Crippen molar-refractivity contribution in [1.29, 1.82) is 0 Å². The van der Waals surface area contributed by atoms with E-state index in [9.17, 15) is 8.42 Å². The largest absolute Gasteiger partial charge is 0.396 e. The molecule has 2 heterocycles. The van der Waals surface area contributed by atoms with Crippen molar-refractivity contribution in [3.05, 3.63) is 41.2 Å². The van der Waals surface area contributed by atoms with Crippen LogP contribution in [0.4, 0.5) is 0 Å². The quantitative estimate of drug-likeness (QED) is 0.824. The molecule has 1 aromatic heterocycles. The average Bonchev–Trinajstić information content (AvgIpc) is 3.04. The average molecular weight is 378 g/mol. The van der Waals surface area contributed by atoms with E-state index in [4.69, 9.17) is 5.11 Å². The van der Waals surface area contributed by atoms with Gasteiger partial charge in [-0.05, 0) is 49.8 Å². The van der Waals surface area contributed by atoms with Gasteiger partial charge >= 0.3 is 0 Å². The number of aliphatic hydroxyl groups is 1. The normalized spacial score (nSPS) is 19.0. The number of aliphatic hydroxyl groups excluding tert-OH is 1. The molecule has 3 rings (SSSR count). The Morgan fingerprint density at radius 2 is 2.12 bits per heavy atom. The van der Waals surface area contributed by atoms with Crippen molar-refractivity contribution in [2.45, 2.75) is 44.6 Å². The van der Waals surface area contributed by atoms with Gasteiger partial charge in [-0.15, -0.1) is 5.10 Å². The minimum absolute atomic E-state index is 0.0456. The maximum Gasteiger partial charge on any atom is 0.243 e. The lowest BCUT2D eigenvalue weighted by Crippen LogP contribution is -2.41. The zero-order valence-electron chi connectivity index (χ0n) is 15.3. The first-order chi connectivity index (χ1) is 12.4. The van der Waals surface area contributed by atoms with Crippen molar-refractivity contribution in [2.75, 3.05) is 19.7 Å². The molecule has 0 amide bonds. The van der Waals surface area contributed by atoms with Crippen molar-refractivity contribution in [3.8, 4) is 0 Å². The predicted octanol–water partition coefficient (Wildman–Crippen LogP) is 1.53. The molecule has 1 saturated heterocycles. The summed E-state index contributed by atoms with van der Waals surface area (Å²) >= 11 is 0. The minimum Gasteiger partial charge on any atom is -0.396 e. The van der Waals surface area contributed by atoms with Crippen LogP contribution in [0.1, 0.15) is 29.7 Å². The van der Waals surface area contributed by atoms with E-state index in [0.717, 1.165) is 29.7 Å². The van der Waals surface area contributed by atoms with Crippen LogP contribution in [0.25, 0.3) is 0 Å². The Balaban J connectivity index is 1.73. The second kappa shape index (κ2) is 7.85. The van der Waals surface area contributed by atoms with Crippen molar-refractivity contribution in [2.24, 2.45) is 5.92 Å². The lowest BCUT2D eigenvalue weighted by molar-refractivity contribution is 0.238. The molecule has 0 bridgehead atoms. The summed E-state index contributed by atoms with van der Waals surface area (Å²) in [6.45, 7) is 5.48. The number of rotatable bonds is 6. The van der Waals surface area contributed by atoms with Gasteiger partial charge in [0.15, 0.2) is 0 Å². The Labute approximate surface area is 154 Å². The van der Waals surface area contributed by atoms with Gasteiger partial charge in [-0.25, -0.2) is 8.42 Å². The van der Waals surface area contributed by atoms with Crippen molar-refractivity contribution in [1.82, 2.24) is 19.3 Å². The number of benzene rings is 1. The van der Waals surface area contributed by atoms with Gasteiger partial charge in [0, 0.05) is 38.9 Å². The minimum atomic E-state index is -3.49. The number of nitrogens with zero attached hydrogens (tertiary/aromatic N) is 4. The highest BCUT2D eigenvalue weighted by Crippen LogP contribution is 2.27. The molecule has 7 nitrogen and oxygen atoms in total. The summed E-state index contributed by atoms with van der Waals surface area (Å²) in [5.41, 5.74) is 2.48. The smallest absolute Gasteiger partial charge is 0.243 e. The molecule has 1 aromatic carbocycles. The van der Waals surface area contributed by atoms with Crippen LogP contribution >= 0.6 is 0 Å². The van der Waals surface area contributed by atoms with Gasteiger partial charge < -0.3 is 5.11 Å². The molecule has 1 aliphatic rings. The Morgan fingerprint density at radius 3 is 2.88 bits per heavy atom. The number of hydrogen-bond acceptors (Lipinski definition) is 5. The Kier molecular flexibility index (Phi) is 5.74. The molecular formula is C18H26N4O3S. The van der Waals surface area contributed by atoms with Crippen LogP contribution in [-0.2, 0) is 23.0 Å². The van der Waals surface area contributed by atoms with Crippen LogP contribution in [0.15, 0.2) is 29.3 Å². The molecule has 1 atom stereocenters. The molecule has 1 N–H and O–H groups in total. The third kappa shape index (κ3) is 4.13. The summed E-state index contributed by atoms with van der Waals surface area (Å²) in [6.07, 6.45) is 4.12. The lowest BCUT2D eigenvalue weighted by Gasteiger charge is -2.32. The van der Waals surface area contributed by atoms with E-state index in [2.05, 4.69) is 10.3 Å². The molecule has 0 radical (unpaired) electrons. The fraction of sp³-hybridized carbons (Fsp3) is 0.556. The van der Waals surface area contributed by atoms with Crippen LogP contribution in [-0.4, -0.2) is 52.5 Å². The third-order valence-electron chi connectivity index (χ3n) is 4.84. The predicted molar refractivity (Wildman–Crippen MR) is 98.2 cm³/mol. The number of aryl methyl sites for hydroxylation is 2. The molecule has 0 aliphatic carbocycles. The Hall–Kier alpha value is -1.77. The zero-order chi connectivity index (χ0) is 18.7. The van der Waals surface area contributed by atoms with Gasteiger partial charge in [-0.1, -0.05) is 17.3 Å². The van der Waals surface area contributed by atoms with E-state index >= 15 is 0 Å². The first-order valence-corrected chi connectivity index (χ1v) is 10.4. The van der Waals surface area contributed by atoms with Crippen molar-refractivity contribution < 1.29 is 13.5 Å². The zero-order valence-corrected chi connectivity index (χ0v) is 16.1. The monoisotopic (exact) mass is 378 g/mol. The van der Waals surface area contributed by atoms with E-state index < -0.39 is 10.0 Å². The standard InChI is InChI=1S/C18H26N4O3S/c1-14-5-6-15(2)18(10-14)26(24,25)22-8-3-4-16(12-22)11-21-13-17(7-9-23)19-20-21/h5-6,10,13,16,23H,3-4,7-9,11-12H2,1-2H3. The highest BCUT2D eigenvalue weighted by molar-refractivity contribution is 7.89. The molecule has 1 unspecified atom stereocenters. The first-order valence-electron chi connectivity index (χ1n) is 8.97. The van der Waals surface area contributed by atoms with E-state index in [1.165, 1.54) is 0 Å². The van der Waals surface area contributed by atoms with E-state index in [1.54, 1.807) is 15.1 Å². The molecule has 142 valence electrons. The summed E-state index contributed by atoms with van der Waals surface area (Å²) in [4.78, 5) is 0.407. The van der Waals surface area contributed by atoms with Crippen LogP contribution < -0.4 is 0 Å².